The highest BCUT2D eigenvalue weighted by Gasteiger charge is 2.33. The third-order valence-corrected chi connectivity index (χ3v) is 6.49. The van der Waals surface area contributed by atoms with Gasteiger partial charge in [0.1, 0.15) is 5.82 Å². The van der Waals surface area contributed by atoms with E-state index in [0.29, 0.717) is 17.8 Å². The minimum Gasteiger partial charge on any atom is -0.340 e. The number of hydrogen-bond acceptors (Lipinski definition) is 5. The molecule has 2 heterocycles. The predicted molar refractivity (Wildman–Crippen MR) is 103 cm³/mol. The van der Waals surface area contributed by atoms with E-state index in [1.54, 1.807) is 19.2 Å². The molecule has 1 saturated heterocycles. The SMILES string of the molecule is Cc1ccc(C)c(Nc2ccc(C(=O)N(C)C3CCS(=O)(=O)C3)cn2)c1. The molecular weight excluding hydrogens is 350 g/mol. The Morgan fingerprint density at radius 3 is 2.62 bits per heavy atom. The maximum Gasteiger partial charge on any atom is 0.255 e. The molecule has 0 radical (unpaired) electrons. The van der Waals surface area contributed by atoms with E-state index in [0.717, 1.165) is 16.8 Å². The van der Waals surface area contributed by atoms with Gasteiger partial charge in [0.05, 0.1) is 17.1 Å². The van der Waals surface area contributed by atoms with E-state index in [2.05, 4.69) is 16.4 Å². The number of rotatable bonds is 4. The fraction of sp³-hybridized carbons (Fsp3) is 0.368. The average molecular weight is 373 g/mol. The van der Waals surface area contributed by atoms with Crippen LogP contribution >= 0.6 is 0 Å². The number of pyridine rings is 1. The predicted octanol–water partition coefficient (Wildman–Crippen LogP) is 2.70. The Morgan fingerprint density at radius 2 is 2.00 bits per heavy atom. The minimum atomic E-state index is -3.02. The maximum atomic E-state index is 12.6. The Kier molecular flexibility index (Phi) is 5.00. The Balaban J connectivity index is 1.71. The first-order valence-electron chi connectivity index (χ1n) is 8.53. The molecule has 0 spiro atoms. The van der Waals surface area contributed by atoms with Crippen LogP contribution in [-0.4, -0.2) is 48.8 Å². The topological polar surface area (TPSA) is 79.4 Å². The minimum absolute atomic E-state index is 0.0366. The number of nitrogens with zero attached hydrogens (tertiary/aromatic N) is 2. The summed E-state index contributed by atoms with van der Waals surface area (Å²) in [6.45, 7) is 4.04. The maximum absolute atomic E-state index is 12.6. The van der Waals surface area contributed by atoms with E-state index in [1.165, 1.54) is 11.1 Å². The number of carbonyl (C=O) groups is 1. The quantitative estimate of drug-likeness (QED) is 0.891. The smallest absolute Gasteiger partial charge is 0.255 e. The van der Waals surface area contributed by atoms with Crippen molar-refractivity contribution in [3.05, 3.63) is 53.2 Å². The van der Waals surface area contributed by atoms with Gasteiger partial charge in [-0.2, -0.15) is 0 Å². The van der Waals surface area contributed by atoms with Crippen LogP contribution in [0, 0.1) is 13.8 Å². The lowest BCUT2D eigenvalue weighted by atomic mass is 10.1. The van der Waals surface area contributed by atoms with Crippen LogP contribution in [0.15, 0.2) is 36.5 Å². The normalized spacial score (nSPS) is 18.5. The number of carbonyl (C=O) groups excluding carboxylic acids is 1. The third kappa shape index (κ3) is 4.04. The van der Waals surface area contributed by atoms with Crippen molar-refractivity contribution >= 4 is 27.2 Å². The van der Waals surface area contributed by atoms with Crippen molar-refractivity contribution in [3.8, 4) is 0 Å². The van der Waals surface area contributed by atoms with Gasteiger partial charge in [-0.1, -0.05) is 12.1 Å². The molecule has 1 unspecified atom stereocenters. The monoisotopic (exact) mass is 373 g/mol. The summed E-state index contributed by atoms with van der Waals surface area (Å²) in [5, 5.41) is 3.26. The van der Waals surface area contributed by atoms with Crippen LogP contribution in [0.4, 0.5) is 11.5 Å². The van der Waals surface area contributed by atoms with Crippen molar-refractivity contribution in [1.29, 1.82) is 0 Å². The molecule has 26 heavy (non-hydrogen) atoms. The summed E-state index contributed by atoms with van der Waals surface area (Å²) in [5.74, 6) is 0.625. The number of amides is 1. The first-order valence-corrected chi connectivity index (χ1v) is 10.4. The Hall–Kier alpha value is -2.41. The zero-order valence-corrected chi connectivity index (χ0v) is 16.0. The van der Waals surface area contributed by atoms with E-state index in [4.69, 9.17) is 0 Å². The Morgan fingerprint density at radius 1 is 1.23 bits per heavy atom. The van der Waals surface area contributed by atoms with Crippen LogP contribution in [0.2, 0.25) is 0 Å². The highest BCUT2D eigenvalue weighted by atomic mass is 32.2. The number of anilines is 2. The molecule has 1 aliphatic heterocycles. The van der Waals surface area contributed by atoms with Crippen LogP contribution in [0.25, 0.3) is 0 Å². The molecule has 0 bridgehead atoms. The molecular formula is C19H23N3O3S. The molecule has 2 aromatic rings. The van der Waals surface area contributed by atoms with Crippen molar-refractivity contribution in [1.82, 2.24) is 9.88 Å². The lowest BCUT2D eigenvalue weighted by molar-refractivity contribution is 0.0747. The van der Waals surface area contributed by atoms with Crippen LogP contribution in [0.1, 0.15) is 27.9 Å². The number of aromatic nitrogens is 1. The largest absolute Gasteiger partial charge is 0.340 e. The van der Waals surface area contributed by atoms with Gasteiger partial charge in [-0.05, 0) is 49.6 Å². The summed E-state index contributed by atoms with van der Waals surface area (Å²) in [5.41, 5.74) is 3.69. The molecule has 3 rings (SSSR count). The van der Waals surface area contributed by atoms with Gasteiger partial charge in [-0.15, -0.1) is 0 Å². The molecule has 138 valence electrons. The van der Waals surface area contributed by atoms with Crippen LogP contribution < -0.4 is 5.32 Å². The summed E-state index contributed by atoms with van der Waals surface area (Å²) in [6.07, 6.45) is 2.01. The van der Waals surface area contributed by atoms with Gasteiger partial charge in [0.25, 0.3) is 5.91 Å². The van der Waals surface area contributed by atoms with E-state index in [9.17, 15) is 13.2 Å². The molecule has 1 N–H and O–H groups in total. The number of sulfone groups is 1. The number of aryl methyl sites for hydroxylation is 2. The number of benzene rings is 1. The highest BCUT2D eigenvalue weighted by Crippen LogP contribution is 2.22. The first-order chi connectivity index (χ1) is 12.2. The molecule has 1 aromatic carbocycles. The van der Waals surface area contributed by atoms with Crippen molar-refractivity contribution in [2.45, 2.75) is 26.3 Å². The fourth-order valence-corrected chi connectivity index (χ4v) is 4.83. The Bertz CT molecular complexity index is 924. The van der Waals surface area contributed by atoms with Gasteiger partial charge in [-0.3, -0.25) is 4.79 Å². The van der Waals surface area contributed by atoms with Crippen molar-refractivity contribution in [2.24, 2.45) is 0 Å². The van der Waals surface area contributed by atoms with Gasteiger partial charge in [-0.25, -0.2) is 13.4 Å². The van der Waals surface area contributed by atoms with Crippen molar-refractivity contribution in [2.75, 3.05) is 23.9 Å². The lowest BCUT2D eigenvalue weighted by Gasteiger charge is -2.23. The standard InChI is InChI=1S/C19H23N3O3S/c1-13-4-5-14(2)17(10-13)21-18-7-6-15(11-20-18)19(23)22(3)16-8-9-26(24,25)12-16/h4-7,10-11,16H,8-9,12H2,1-3H3,(H,20,21). The summed E-state index contributed by atoms with van der Waals surface area (Å²) < 4.78 is 23.2. The van der Waals surface area contributed by atoms with Gasteiger partial charge in [0.2, 0.25) is 0 Å². The molecule has 0 aliphatic carbocycles. The van der Waals surface area contributed by atoms with Gasteiger partial charge >= 0.3 is 0 Å². The zero-order chi connectivity index (χ0) is 18.9. The lowest BCUT2D eigenvalue weighted by Crippen LogP contribution is -2.37. The third-order valence-electron chi connectivity index (χ3n) is 4.74. The van der Waals surface area contributed by atoms with Gasteiger partial charge in [0.15, 0.2) is 9.84 Å². The molecule has 7 heteroatoms. The van der Waals surface area contributed by atoms with Crippen molar-refractivity contribution < 1.29 is 13.2 Å². The molecule has 1 amide bonds. The summed E-state index contributed by atoms with van der Waals surface area (Å²) in [4.78, 5) is 18.4. The first kappa shape index (κ1) is 18.4. The highest BCUT2D eigenvalue weighted by molar-refractivity contribution is 7.91. The number of nitrogens with one attached hydrogen (secondary N) is 1. The van der Waals surface area contributed by atoms with Gasteiger partial charge in [0, 0.05) is 25.0 Å². The number of hydrogen-bond donors (Lipinski definition) is 1. The van der Waals surface area contributed by atoms with E-state index in [-0.39, 0.29) is 23.5 Å². The van der Waals surface area contributed by atoms with Crippen molar-refractivity contribution in [3.63, 3.8) is 0 Å². The van der Waals surface area contributed by atoms with Crippen LogP contribution in [0.3, 0.4) is 0 Å². The molecule has 1 aromatic heterocycles. The second-order valence-electron chi connectivity index (χ2n) is 6.85. The second-order valence-corrected chi connectivity index (χ2v) is 9.08. The summed E-state index contributed by atoms with van der Waals surface area (Å²) in [7, 11) is -1.38. The van der Waals surface area contributed by atoms with E-state index >= 15 is 0 Å². The molecule has 1 aliphatic rings. The molecule has 1 fully saturated rings. The van der Waals surface area contributed by atoms with E-state index in [1.807, 2.05) is 26.0 Å². The molecule has 6 nitrogen and oxygen atoms in total. The summed E-state index contributed by atoms with van der Waals surface area (Å²) >= 11 is 0. The van der Waals surface area contributed by atoms with Gasteiger partial charge < -0.3 is 10.2 Å². The molecule has 1 atom stereocenters. The fourth-order valence-electron chi connectivity index (χ4n) is 3.05. The second kappa shape index (κ2) is 7.07. The Labute approximate surface area is 154 Å². The van der Waals surface area contributed by atoms with Crippen LogP contribution in [0.5, 0.6) is 0 Å². The molecule has 0 saturated carbocycles. The van der Waals surface area contributed by atoms with Crippen LogP contribution in [-0.2, 0) is 9.84 Å². The average Bonchev–Trinajstić information content (AvgIpc) is 2.97. The van der Waals surface area contributed by atoms with E-state index < -0.39 is 9.84 Å². The summed E-state index contributed by atoms with van der Waals surface area (Å²) in [6, 6.07) is 9.34. The zero-order valence-electron chi connectivity index (χ0n) is 15.2.